The maximum absolute atomic E-state index is 11.3. The third kappa shape index (κ3) is 0.949. The van der Waals surface area contributed by atoms with E-state index in [4.69, 9.17) is 4.74 Å². The molecule has 3 atom stereocenters. The number of amides is 1. The van der Waals surface area contributed by atoms with E-state index >= 15 is 0 Å². The van der Waals surface area contributed by atoms with Gasteiger partial charge < -0.3 is 14.7 Å². The largest absolute Gasteiger partial charge is 0.393 e. The molecule has 4 nitrogen and oxygen atoms in total. The number of β-lactam (4-membered cyclic amide) rings is 1. The van der Waals surface area contributed by atoms with Crippen LogP contribution in [0.4, 0.5) is 0 Å². The minimum Gasteiger partial charge on any atom is -0.393 e. The van der Waals surface area contributed by atoms with Crippen molar-refractivity contribution in [2.75, 3.05) is 13.3 Å². The Bertz CT molecular complexity index is 204. The highest BCUT2D eigenvalue weighted by atomic mass is 16.5. The summed E-state index contributed by atoms with van der Waals surface area (Å²) in [4.78, 5) is 13.0. The minimum absolute atomic E-state index is 0.0368. The molecule has 3 unspecified atom stereocenters. The summed E-state index contributed by atoms with van der Waals surface area (Å²) in [6.45, 7) is 2.79. The van der Waals surface area contributed by atoms with Gasteiger partial charge in [0.05, 0.1) is 24.7 Å². The SMILES string of the molecule is CC(O)C1C(=O)N2COCCC12. The van der Waals surface area contributed by atoms with Gasteiger partial charge in [0.25, 0.3) is 0 Å². The van der Waals surface area contributed by atoms with Crippen molar-refractivity contribution in [1.29, 1.82) is 0 Å². The summed E-state index contributed by atoms with van der Waals surface area (Å²) in [5.41, 5.74) is 0. The molecule has 0 saturated carbocycles. The molecule has 2 aliphatic rings. The molecule has 0 aromatic rings. The van der Waals surface area contributed by atoms with Gasteiger partial charge in [-0.3, -0.25) is 4.79 Å². The Morgan fingerprint density at radius 2 is 2.50 bits per heavy atom. The number of hydrogen-bond donors (Lipinski definition) is 1. The van der Waals surface area contributed by atoms with Crippen LogP contribution in [0.1, 0.15) is 13.3 Å². The van der Waals surface area contributed by atoms with Crippen molar-refractivity contribution in [3.8, 4) is 0 Å². The minimum atomic E-state index is -0.517. The van der Waals surface area contributed by atoms with Crippen LogP contribution >= 0.6 is 0 Å². The van der Waals surface area contributed by atoms with Crippen LogP contribution in [0.3, 0.4) is 0 Å². The van der Waals surface area contributed by atoms with E-state index in [2.05, 4.69) is 0 Å². The van der Waals surface area contributed by atoms with Crippen LogP contribution in [0.25, 0.3) is 0 Å². The number of rotatable bonds is 1. The first-order chi connectivity index (χ1) is 5.72. The summed E-state index contributed by atoms with van der Waals surface area (Å²) in [6.07, 6.45) is 0.346. The predicted molar refractivity (Wildman–Crippen MR) is 41.2 cm³/mol. The standard InChI is InChI=1S/C8H13NO3/c1-5(10)7-6-2-3-12-4-9(6)8(7)11/h5-7,10H,2-4H2,1H3. The number of hydrogen-bond acceptors (Lipinski definition) is 3. The molecule has 2 aliphatic heterocycles. The van der Waals surface area contributed by atoms with Crippen LogP contribution in [0.5, 0.6) is 0 Å². The first-order valence-corrected chi connectivity index (χ1v) is 4.28. The number of carbonyl (C=O) groups excluding carboxylic acids is 1. The second-order valence-corrected chi connectivity index (χ2v) is 3.47. The van der Waals surface area contributed by atoms with Crippen molar-refractivity contribution in [3.05, 3.63) is 0 Å². The molecule has 0 radical (unpaired) electrons. The maximum atomic E-state index is 11.3. The average Bonchev–Trinajstić information content (AvgIpc) is 2.03. The Hall–Kier alpha value is -0.610. The summed E-state index contributed by atoms with van der Waals surface area (Å²) in [6, 6.07) is 0.228. The highest BCUT2D eigenvalue weighted by Crippen LogP contribution is 2.33. The zero-order chi connectivity index (χ0) is 8.72. The van der Waals surface area contributed by atoms with Crippen LogP contribution in [0.15, 0.2) is 0 Å². The van der Waals surface area contributed by atoms with Crippen molar-refractivity contribution < 1.29 is 14.6 Å². The van der Waals surface area contributed by atoms with Crippen LogP contribution in [-0.4, -0.2) is 41.4 Å². The Kier molecular flexibility index (Phi) is 1.81. The quantitative estimate of drug-likeness (QED) is 0.545. The second-order valence-electron chi connectivity index (χ2n) is 3.47. The molecule has 4 heteroatoms. The predicted octanol–water partition coefficient (Wildman–Crippen LogP) is -0.428. The molecule has 2 saturated heterocycles. The van der Waals surface area contributed by atoms with Gasteiger partial charge >= 0.3 is 0 Å². The molecule has 0 bridgehead atoms. The second kappa shape index (κ2) is 2.71. The van der Waals surface area contributed by atoms with Gasteiger partial charge in [0.2, 0.25) is 5.91 Å². The summed E-state index contributed by atoms with van der Waals surface area (Å²) in [5.74, 6) is -0.136. The van der Waals surface area contributed by atoms with E-state index < -0.39 is 6.10 Å². The number of ether oxygens (including phenoxy) is 1. The first-order valence-electron chi connectivity index (χ1n) is 4.28. The molecule has 2 heterocycles. The van der Waals surface area contributed by atoms with Gasteiger partial charge in [-0.1, -0.05) is 0 Å². The van der Waals surface area contributed by atoms with E-state index in [1.807, 2.05) is 0 Å². The number of nitrogens with zero attached hydrogens (tertiary/aromatic N) is 1. The topological polar surface area (TPSA) is 49.8 Å². The van der Waals surface area contributed by atoms with Crippen molar-refractivity contribution in [3.63, 3.8) is 0 Å². The van der Waals surface area contributed by atoms with E-state index in [1.165, 1.54) is 0 Å². The number of aliphatic hydroxyl groups excluding tert-OH is 1. The third-order valence-corrected chi connectivity index (χ3v) is 2.69. The number of aliphatic hydroxyl groups is 1. The van der Waals surface area contributed by atoms with Crippen molar-refractivity contribution >= 4 is 5.91 Å². The molecule has 2 fully saturated rings. The van der Waals surface area contributed by atoms with Crippen LogP contribution in [0, 0.1) is 5.92 Å². The van der Waals surface area contributed by atoms with Crippen LogP contribution < -0.4 is 0 Å². The summed E-state index contributed by atoms with van der Waals surface area (Å²) < 4.78 is 5.13. The third-order valence-electron chi connectivity index (χ3n) is 2.69. The lowest BCUT2D eigenvalue weighted by Gasteiger charge is -2.50. The Morgan fingerprint density at radius 3 is 3.17 bits per heavy atom. The van der Waals surface area contributed by atoms with Gasteiger partial charge in [-0.2, -0.15) is 0 Å². The van der Waals surface area contributed by atoms with Crippen LogP contribution in [-0.2, 0) is 9.53 Å². The fraction of sp³-hybridized carbons (Fsp3) is 0.875. The van der Waals surface area contributed by atoms with E-state index in [0.717, 1.165) is 6.42 Å². The van der Waals surface area contributed by atoms with Gasteiger partial charge in [-0.05, 0) is 13.3 Å². The van der Waals surface area contributed by atoms with Crippen molar-refractivity contribution in [2.45, 2.75) is 25.5 Å². The normalized spacial score (nSPS) is 37.2. The molecule has 2 rings (SSSR count). The lowest BCUT2D eigenvalue weighted by Crippen LogP contribution is -2.66. The summed E-state index contributed by atoms with van der Waals surface area (Å²) in [5, 5.41) is 9.29. The summed E-state index contributed by atoms with van der Waals surface area (Å²) in [7, 11) is 0. The van der Waals surface area contributed by atoms with E-state index in [-0.39, 0.29) is 17.9 Å². The number of carbonyl (C=O) groups is 1. The van der Waals surface area contributed by atoms with E-state index in [1.54, 1.807) is 11.8 Å². The Labute approximate surface area is 71.1 Å². The molecule has 1 N–H and O–H groups in total. The first kappa shape index (κ1) is 8.01. The van der Waals surface area contributed by atoms with Gasteiger partial charge in [-0.15, -0.1) is 0 Å². The molecule has 12 heavy (non-hydrogen) atoms. The lowest BCUT2D eigenvalue weighted by molar-refractivity contribution is -0.187. The molecular formula is C8H13NO3. The van der Waals surface area contributed by atoms with Crippen molar-refractivity contribution in [1.82, 2.24) is 4.90 Å². The highest BCUT2D eigenvalue weighted by molar-refractivity contribution is 5.86. The fourth-order valence-electron chi connectivity index (χ4n) is 2.02. The zero-order valence-electron chi connectivity index (χ0n) is 7.06. The summed E-state index contributed by atoms with van der Waals surface area (Å²) >= 11 is 0. The lowest BCUT2D eigenvalue weighted by atomic mass is 9.81. The van der Waals surface area contributed by atoms with E-state index in [9.17, 15) is 9.90 Å². The van der Waals surface area contributed by atoms with Gasteiger partial charge in [0, 0.05) is 0 Å². The smallest absolute Gasteiger partial charge is 0.232 e. The molecule has 0 spiro atoms. The molecule has 0 aromatic heterocycles. The van der Waals surface area contributed by atoms with E-state index in [0.29, 0.717) is 13.3 Å². The Morgan fingerprint density at radius 1 is 1.75 bits per heavy atom. The van der Waals surface area contributed by atoms with Crippen LogP contribution in [0.2, 0.25) is 0 Å². The van der Waals surface area contributed by atoms with Gasteiger partial charge in [-0.25, -0.2) is 0 Å². The zero-order valence-corrected chi connectivity index (χ0v) is 7.06. The van der Waals surface area contributed by atoms with Gasteiger partial charge in [0.1, 0.15) is 6.73 Å². The monoisotopic (exact) mass is 171 g/mol. The Balaban J connectivity index is 2.05. The maximum Gasteiger partial charge on any atom is 0.232 e. The molecule has 0 aliphatic carbocycles. The highest BCUT2D eigenvalue weighted by Gasteiger charge is 2.50. The van der Waals surface area contributed by atoms with Crippen molar-refractivity contribution in [2.24, 2.45) is 5.92 Å². The number of fused-ring (bicyclic) bond motifs is 1. The molecule has 1 amide bonds. The molecule has 0 aromatic carbocycles. The molecular weight excluding hydrogens is 158 g/mol. The average molecular weight is 171 g/mol. The fourth-order valence-corrected chi connectivity index (χ4v) is 2.02. The molecule has 68 valence electrons. The van der Waals surface area contributed by atoms with Gasteiger partial charge in [0.15, 0.2) is 0 Å².